The van der Waals surface area contributed by atoms with E-state index in [0.29, 0.717) is 17.2 Å². The van der Waals surface area contributed by atoms with Crippen LogP contribution in [-0.2, 0) is 0 Å². The topological polar surface area (TPSA) is 45.0 Å². The molecule has 0 spiro atoms. The molecule has 0 amide bonds. The van der Waals surface area contributed by atoms with E-state index in [1.165, 1.54) is 0 Å². The monoisotopic (exact) mass is 384 g/mol. The molecule has 5 aromatic rings. The maximum absolute atomic E-state index is 5.56. The highest BCUT2D eigenvalue weighted by molar-refractivity contribution is 6.10. The molecule has 0 unspecified atom stereocenters. The van der Waals surface area contributed by atoms with E-state index in [9.17, 15) is 0 Å². The summed E-state index contributed by atoms with van der Waals surface area (Å²) in [6, 6.07) is 22.6. The van der Waals surface area contributed by atoms with Gasteiger partial charge >= 0.3 is 0 Å². The Kier molecular flexibility index (Phi) is 4.02. The number of fused-ring (bicyclic) bond motifs is 5. The summed E-state index contributed by atoms with van der Waals surface area (Å²) < 4.78 is 18.6. The molecule has 5 nitrogen and oxygen atoms in total. The molecular weight excluding hydrogens is 364 g/mol. The summed E-state index contributed by atoms with van der Waals surface area (Å²) in [5.74, 6) is 1.79. The second kappa shape index (κ2) is 6.71. The largest absolute Gasteiger partial charge is 0.493 e. The zero-order valence-corrected chi connectivity index (χ0v) is 16.5. The van der Waals surface area contributed by atoms with E-state index in [2.05, 4.69) is 36.4 Å². The van der Waals surface area contributed by atoms with Gasteiger partial charge in [-0.2, -0.15) is 5.10 Å². The molecule has 0 bridgehead atoms. The van der Waals surface area contributed by atoms with Gasteiger partial charge in [0.2, 0.25) is 5.75 Å². The molecule has 3 aromatic carbocycles. The number of nitrogens with zero attached hydrogens (tertiary/aromatic N) is 2. The van der Waals surface area contributed by atoms with Crippen molar-refractivity contribution in [2.45, 2.75) is 0 Å². The van der Waals surface area contributed by atoms with Gasteiger partial charge < -0.3 is 14.2 Å². The van der Waals surface area contributed by atoms with Crippen molar-refractivity contribution in [3.05, 3.63) is 66.7 Å². The highest BCUT2D eigenvalue weighted by Crippen LogP contribution is 2.42. The Labute approximate surface area is 168 Å². The molecule has 5 heteroatoms. The quantitative estimate of drug-likeness (QED) is 0.420. The number of benzene rings is 3. The Balaban J connectivity index is 1.93. The smallest absolute Gasteiger partial charge is 0.203 e. The van der Waals surface area contributed by atoms with Crippen molar-refractivity contribution in [3.63, 3.8) is 0 Å². The second-order valence-electron chi connectivity index (χ2n) is 6.81. The van der Waals surface area contributed by atoms with Crippen LogP contribution in [0.1, 0.15) is 0 Å². The van der Waals surface area contributed by atoms with Gasteiger partial charge in [-0.05, 0) is 29.7 Å². The molecule has 0 radical (unpaired) electrons. The van der Waals surface area contributed by atoms with E-state index in [-0.39, 0.29) is 0 Å². The van der Waals surface area contributed by atoms with Gasteiger partial charge in [0.25, 0.3) is 0 Å². The third kappa shape index (κ3) is 2.58. The number of pyridine rings is 1. The van der Waals surface area contributed by atoms with Gasteiger partial charge in [0.05, 0.1) is 38.1 Å². The zero-order chi connectivity index (χ0) is 20.0. The lowest BCUT2D eigenvalue weighted by Crippen LogP contribution is -1.99. The average molecular weight is 384 g/mol. The molecule has 0 saturated carbocycles. The van der Waals surface area contributed by atoms with Gasteiger partial charge in [-0.25, -0.2) is 4.52 Å². The summed E-state index contributed by atoms with van der Waals surface area (Å²) in [6.45, 7) is 0. The molecule has 5 rings (SSSR count). The van der Waals surface area contributed by atoms with Crippen LogP contribution < -0.4 is 14.2 Å². The number of methoxy groups -OCH3 is 3. The van der Waals surface area contributed by atoms with Crippen LogP contribution in [0.15, 0.2) is 66.7 Å². The lowest BCUT2D eigenvalue weighted by atomic mass is 10.0. The molecule has 0 aliphatic carbocycles. The van der Waals surface area contributed by atoms with E-state index >= 15 is 0 Å². The Morgan fingerprint density at radius 3 is 2.07 bits per heavy atom. The molecule has 0 N–H and O–H groups in total. The van der Waals surface area contributed by atoms with Crippen LogP contribution in [0.4, 0.5) is 0 Å². The number of rotatable bonds is 4. The highest BCUT2D eigenvalue weighted by atomic mass is 16.5. The predicted octanol–water partition coefficient (Wildman–Crippen LogP) is 5.33. The van der Waals surface area contributed by atoms with E-state index in [4.69, 9.17) is 19.3 Å². The summed E-state index contributed by atoms with van der Waals surface area (Å²) in [5, 5.41) is 8.33. The Morgan fingerprint density at radius 2 is 1.38 bits per heavy atom. The van der Waals surface area contributed by atoms with E-state index in [1.807, 2.05) is 34.8 Å². The summed E-state index contributed by atoms with van der Waals surface area (Å²) in [5.41, 5.74) is 3.93. The highest BCUT2D eigenvalue weighted by Gasteiger charge is 2.18. The first-order valence-electron chi connectivity index (χ1n) is 9.34. The Bertz CT molecular complexity index is 1350. The SMILES string of the molecule is COc1cc(-c2cc3ccccc3c3c4ccccc4nn23)cc(OC)c1OC. The van der Waals surface area contributed by atoms with E-state index < -0.39 is 0 Å². The van der Waals surface area contributed by atoms with Gasteiger partial charge in [0, 0.05) is 16.3 Å². The first-order valence-corrected chi connectivity index (χ1v) is 9.34. The minimum Gasteiger partial charge on any atom is -0.493 e. The van der Waals surface area contributed by atoms with Crippen molar-refractivity contribution < 1.29 is 14.2 Å². The second-order valence-corrected chi connectivity index (χ2v) is 6.81. The van der Waals surface area contributed by atoms with Crippen molar-refractivity contribution in [3.8, 4) is 28.5 Å². The van der Waals surface area contributed by atoms with Gasteiger partial charge in [-0.3, -0.25) is 0 Å². The molecule has 0 atom stereocenters. The van der Waals surface area contributed by atoms with E-state index in [1.54, 1.807) is 21.3 Å². The number of hydrogen-bond donors (Lipinski definition) is 0. The molecule has 0 fully saturated rings. The fraction of sp³-hybridized carbons (Fsp3) is 0.125. The summed E-state index contributed by atoms with van der Waals surface area (Å²) >= 11 is 0. The Hall–Kier alpha value is -3.73. The minimum atomic E-state index is 0.571. The molecule has 0 aliphatic heterocycles. The van der Waals surface area contributed by atoms with Gasteiger partial charge in [-0.1, -0.05) is 42.5 Å². The fourth-order valence-corrected chi connectivity index (χ4v) is 3.95. The van der Waals surface area contributed by atoms with Crippen LogP contribution in [0, 0.1) is 0 Å². The van der Waals surface area contributed by atoms with Crippen molar-refractivity contribution in [1.29, 1.82) is 0 Å². The standard InChI is InChI=1S/C24H20N2O3/c1-27-21-13-16(14-22(28-2)24(21)29-3)20-12-15-8-4-5-9-17(15)23-18-10-6-7-11-19(18)25-26(20)23/h4-14H,1-3H3. The lowest BCUT2D eigenvalue weighted by Gasteiger charge is -2.15. The maximum Gasteiger partial charge on any atom is 0.203 e. The summed E-state index contributed by atoms with van der Waals surface area (Å²) in [7, 11) is 4.85. The van der Waals surface area contributed by atoms with Crippen LogP contribution >= 0.6 is 0 Å². The van der Waals surface area contributed by atoms with Crippen LogP contribution in [0.25, 0.3) is 38.4 Å². The minimum absolute atomic E-state index is 0.571. The van der Waals surface area contributed by atoms with Gasteiger partial charge in [-0.15, -0.1) is 0 Å². The van der Waals surface area contributed by atoms with Crippen molar-refractivity contribution in [2.24, 2.45) is 0 Å². The first kappa shape index (κ1) is 17.4. The molecule has 0 aliphatic rings. The fourth-order valence-electron chi connectivity index (χ4n) is 3.95. The zero-order valence-electron chi connectivity index (χ0n) is 16.5. The molecule has 0 saturated heterocycles. The molecule has 2 heterocycles. The van der Waals surface area contributed by atoms with Gasteiger partial charge in [0.15, 0.2) is 11.5 Å². The lowest BCUT2D eigenvalue weighted by molar-refractivity contribution is 0.324. The summed E-state index contributed by atoms with van der Waals surface area (Å²) in [4.78, 5) is 0. The maximum atomic E-state index is 5.56. The average Bonchev–Trinajstić information content (AvgIpc) is 3.17. The molecule has 2 aromatic heterocycles. The number of hydrogen-bond acceptors (Lipinski definition) is 4. The summed E-state index contributed by atoms with van der Waals surface area (Å²) in [6.07, 6.45) is 0. The van der Waals surface area contributed by atoms with Crippen molar-refractivity contribution in [1.82, 2.24) is 9.61 Å². The predicted molar refractivity (Wildman–Crippen MR) is 115 cm³/mol. The molecular formula is C24H20N2O3. The third-order valence-electron chi connectivity index (χ3n) is 5.28. The van der Waals surface area contributed by atoms with Crippen LogP contribution in [-0.4, -0.2) is 30.9 Å². The number of ether oxygens (including phenoxy) is 3. The van der Waals surface area contributed by atoms with Crippen molar-refractivity contribution >= 4 is 27.2 Å². The van der Waals surface area contributed by atoms with E-state index in [0.717, 1.165) is 38.4 Å². The van der Waals surface area contributed by atoms with Gasteiger partial charge in [0.1, 0.15) is 0 Å². The molecule has 29 heavy (non-hydrogen) atoms. The van der Waals surface area contributed by atoms with Crippen LogP contribution in [0.5, 0.6) is 17.2 Å². The number of aromatic nitrogens is 2. The van der Waals surface area contributed by atoms with Crippen molar-refractivity contribution in [2.75, 3.05) is 21.3 Å². The first-order chi connectivity index (χ1) is 14.2. The van der Waals surface area contributed by atoms with Crippen LogP contribution in [0.2, 0.25) is 0 Å². The van der Waals surface area contributed by atoms with Crippen LogP contribution in [0.3, 0.4) is 0 Å². The normalized spacial score (nSPS) is 11.3. The Morgan fingerprint density at radius 1 is 0.724 bits per heavy atom. The third-order valence-corrected chi connectivity index (χ3v) is 5.28. The molecule has 144 valence electrons.